The van der Waals surface area contributed by atoms with E-state index < -0.39 is 11.9 Å². The normalized spacial score (nSPS) is 9.11. The van der Waals surface area contributed by atoms with Gasteiger partial charge in [0, 0.05) is 0 Å². The summed E-state index contributed by atoms with van der Waals surface area (Å²) in [6, 6.07) is 9.15. The predicted molar refractivity (Wildman–Crippen MR) is 72.2 cm³/mol. The van der Waals surface area contributed by atoms with Crippen LogP contribution in [-0.2, 0) is 0 Å². The molecular weight excluding hydrogens is 254 g/mol. The monoisotopic (exact) mass is 264 g/mol. The van der Waals surface area contributed by atoms with Gasteiger partial charge in [-0.3, -0.25) is 0 Å². The summed E-state index contributed by atoms with van der Waals surface area (Å²) in [5, 5.41) is 19.0. The van der Waals surface area contributed by atoms with Gasteiger partial charge in [-0.1, -0.05) is 12.1 Å². The number of hydrogen-bond acceptors (Lipinski definition) is 2. The molecule has 2 rings (SSSR count). The van der Waals surface area contributed by atoms with Crippen molar-refractivity contribution in [2.24, 2.45) is 0 Å². The number of benzene rings is 2. The Bertz CT molecular complexity index is 542. The average molecular weight is 264 g/mol. The third-order valence-electron chi connectivity index (χ3n) is 2.33. The van der Waals surface area contributed by atoms with Crippen molar-refractivity contribution >= 4 is 81.8 Å². The van der Waals surface area contributed by atoms with Crippen LogP contribution in [0.2, 0.25) is 0 Å². The van der Waals surface area contributed by atoms with E-state index in [2.05, 4.69) is 0 Å². The summed E-state index contributed by atoms with van der Waals surface area (Å²) in [6.07, 6.45) is 0. The Hall–Kier alpha value is -0.360. The minimum absolute atomic E-state index is 0. The molecule has 0 saturated heterocycles. The van der Waals surface area contributed by atoms with Crippen LogP contribution < -0.4 is 0 Å². The number of carboxylic acid groups (broad SMARTS) is 2. The topological polar surface area (TPSA) is 74.6 Å². The van der Waals surface area contributed by atoms with Gasteiger partial charge in [-0.05, 0) is 35.0 Å². The number of fused-ring (bicyclic) bond motifs is 1. The second-order valence-corrected chi connectivity index (χ2v) is 3.39. The zero-order valence-corrected chi connectivity index (χ0v) is 8.18. The zero-order valence-electron chi connectivity index (χ0n) is 8.18. The van der Waals surface area contributed by atoms with Crippen LogP contribution in [0.25, 0.3) is 10.8 Å². The van der Waals surface area contributed by atoms with E-state index in [1.165, 1.54) is 24.3 Å². The summed E-state index contributed by atoms with van der Waals surface area (Å²) in [5.41, 5.74) is 0.381. The Morgan fingerprint density at radius 2 is 1.06 bits per heavy atom. The predicted octanol–water partition coefficient (Wildman–Crippen LogP) is 0.939. The summed E-state index contributed by atoms with van der Waals surface area (Å²) >= 11 is 0. The van der Waals surface area contributed by atoms with Gasteiger partial charge in [-0.25, -0.2) is 9.59 Å². The molecule has 0 saturated carbocycles. The van der Waals surface area contributed by atoms with Gasteiger partial charge in [0.15, 0.2) is 0 Å². The van der Waals surface area contributed by atoms with E-state index in [1.54, 1.807) is 12.1 Å². The summed E-state index contributed by atoms with van der Waals surface area (Å²) in [7, 11) is 0. The fourth-order valence-corrected chi connectivity index (χ4v) is 1.51. The average Bonchev–Trinajstić information content (AvgIpc) is 2.27. The molecule has 0 radical (unpaired) electrons. The standard InChI is InChI=1S/C12H8O4.2Na.2H/c13-11(14)9-3-1-7-5-10(12(15)16)4-2-8(7)6-9;;;;/h1-6H,(H,13,14)(H,15,16);;;;. The maximum absolute atomic E-state index is 10.7. The number of hydrogen-bond donors (Lipinski definition) is 2. The number of carboxylic acids is 2. The molecule has 0 amide bonds. The molecule has 0 aliphatic carbocycles. The fourth-order valence-electron chi connectivity index (χ4n) is 1.51. The van der Waals surface area contributed by atoms with Gasteiger partial charge < -0.3 is 10.2 Å². The van der Waals surface area contributed by atoms with Crippen molar-refractivity contribution in [1.29, 1.82) is 0 Å². The molecule has 0 spiro atoms. The molecule has 84 valence electrons. The molecule has 4 nitrogen and oxygen atoms in total. The van der Waals surface area contributed by atoms with Crippen molar-refractivity contribution in [3.63, 3.8) is 0 Å². The van der Waals surface area contributed by atoms with E-state index in [9.17, 15) is 9.59 Å². The van der Waals surface area contributed by atoms with Gasteiger partial charge in [0.1, 0.15) is 0 Å². The number of rotatable bonds is 2. The van der Waals surface area contributed by atoms with Crippen molar-refractivity contribution in [3.8, 4) is 0 Å². The Balaban J connectivity index is 0.00000144. The molecule has 0 fully saturated rings. The van der Waals surface area contributed by atoms with E-state index in [-0.39, 0.29) is 70.2 Å². The SMILES string of the molecule is O=C(O)c1ccc2cc(C(=O)O)ccc2c1.[NaH].[NaH]. The first-order chi connectivity index (χ1) is 7.58. The molecule has 6 heteroatoms. The zero-order chi connectivity index (χ0) is 11.7. The first kappa shape index (κ1) is 17.6. The molecule has 0 aliphatic heterocycles. The molecule has 0 bridgehead atoms. The molecule has 0 heterocycles. The van der Waals surface area contributed by atoms with Gasteiger partial charge in [0.05, 0.1) is 11.1 Å². The van der Waals surface area contributed by atoms with Gasteiger partial charge in [-0.15, -0.1) is 0 Å². The quantitative estimate of drug-likeness (QED) is 0.791. The molecule has 0 unspecified atom stereocenters. The summed E-state index contributed by atoms with van der Waals surface area (Å²) in [6.45, 7) is 0. The maximum atomic E-state index is 10.7. The van der Waals surface area contributed by atoms with E-state index in [1.807, 2.05) is 0 Å². The fraction of sp³-hybridized carbons (Fsp3) is 0. The molecular formula is C12H10Na2O4. The first-order valence-electron chi connectivity index (χ1n) is 4.58. The van der Waals surface area contributed by atoms with Gasteiger partial charge >= 0.3 is 71.1 Å². The van der Waals surface area contributed by atoms with Crippen LogP contribution >= 0.6 is 0 Å². The van der Waals surface area contributed by atoms with Gasteiger partial charge in [0.2, 0.25) is 0 Å². The van der Waals surface area contributed by atoms with Crippen LogP contribution in [-0.4, -0.2) is 81.3 Å². The van der Waals surface area contributed by atoms with Crippen molar-refractivity contribution in [3.05, 3.63) is 47.5 Å². The second-order valence-electron chi connectivity index (χ2n) is 3.39. The molecule has 18 heavy (non-hydrogen) atoms. The molecule has 2 aromatic carbocycles. The van der Waals surface area contributed by atoms with Crippen LogP contribution in [0.15, 0.2) is 36.4 Å². The van der Waals surface area contributed by atoms with E-state index in [4.69, 9.17) is 10.2 Å². The molecule has 0 aromatic heterocycles. The van der Waals surface area contributed by atoms with Crippen LogP contribution in [0.3, 0.4) is 0 Å². The van der Waals surface area contributed by atoms with Crippen molar-refractivity contribution in [2.75, 3.05) is 0 Å². The van der Waals surface area contributed by atoms with Crippen molar-refractivity contribution < 1.29 is 19.8 Å². The van der Waals surface area contributed by atoms with Gasteiger partial charge in [-0.2, -0.15) is 0 Å². The number of carbonyl (C=O) groups is 2. The Kier molecular flexibility index (Phi) is 7.14. The van der Waals surface area contributed by atoms with E-state index >= 15 is 0 Å². The molecule has 0 atom stereocenters. The summed E-state index contributed by atoms with van der Waals surface area (Å²) < 4.78 is 0. The molecule has 2 aromatic rings. The summed E-state index contributed by atoms with van der Waals surface area (Å²) in [5.74, 6) is -1.99. The Labute approximate surface area is 148 Å². The van der Waals surface area contributed by atoms with E-state index in [0.29, 0.717) is 10.8 Å². The summed E-state index contributed by atoms with van der Waals surface area (Å²) in [4.78, 5) is 21.5. The molecule has 2 N–H and O–H groups in total. The third-order valence-corrected chi connectivity index (χ3v) is 2.33. The van der Waals surface area contributed by atoms with Crippen molar-refractivity contribution in [1.82, 2.24) is 0 Å². The first-order valence-corrected chi connectivity index (χ1v) is 4.58. The third kappa shape index (κ3) is 3.82. The van der Waals surface area contributed by atoms with Crippen LogP contribution in [0.1, 0.15) is 20.7 Å². The van der Waals surface area contributed by atoms with Crippen LogP contribution in [0.5, 0.6) is 0 Å². The van der Waals surface area contributed by atoms with Crippen molar-refractivity contribution in [2.45, 2.75) is 0 Å². The molecule has 0 aliphatic rings. The minimum atomic E-state index is -0.996. The van der Waals surface area contributed by atoms with Gasteiger partial charge in [0.25, 0.3) is 0 Å². The number of aromatic carboxylic acids is 2. The van der Waals surface area contributed by atoms with Crippen LogP contribution in [0, 0.1) is 0 Å². The Morgan fingerprint density at radius 3 is 1.33 bits per heavy atom. The Morgan fingerprint density at radius 1 is 0.722 bits per heavy atom. The van der Waals surface area contributed by atoms with Crippen LogP contribution in [0.4, 0.5) is 0 Å². The van der Waals surface area contributed by atoms with E-state index in [0.717, 1.165) is 0 Å². The second kappa shape index (κ2) is 7.28.